The zero-order valence-corrected chi connectivity index (χ0v) is 20.0. The smallest absolute Gasteiger partial charge is 0.232 e. The zero-order valence-electron chi connectivity index (χ0n) is 18.4. The minimum Gasteiger partial charge on any atom is -0.455 e. The molecule has 0 radical (unpaired) electrons. The summed E-state index contributed by atoms with van der Waals surface area (Å²) in [5, 5.41) is 3.41. The van der Waals surface area contributed by atoms with Gasteiger partial charge in [0.05, 0.1) is 11.9 Å². The molecule has 0 unspecified atom stereocenters. The van der Waals surface area contributed by atoms with Gasteiger partial charge in [-0.2, -0.15) is 0 Å². The predicted molar refractivity (Wildman–Crippen MR) is 129 cm³/mol. The van der Waals surface area contributed by atoms with Gasteiger partial charge in [-0.3, -0.25) is 9.10 Å². The first kappa shape index (κ1) is 24.4. The van der Waals surface area contributed by atoms with Crippen molar-refractivity contribution in [2.75, 3.05) is 23.7 Å². The van der Waals surface area contributed by atoms with Crippen LogP contribution in [-0.4, -0.2) is 33.7 Å². The summed E-state index contributed by atoms with van der Waals surface area (Å²) in [7, 11) is -3.61. The van der Waals surface area contributed by atoms with E-state index in [0.717, 1.165) is 6.26 Å². The highest BCUT2D eigenvalue weighted by molar-refractivity contribution is 7.92. The van der Waals surface area contributed by atoms with Crippen LogP contribution in [0.25, 0.3) is 0 Å². The van der Waals surface area contributed by atoms with Crippen LogP contribution in [0.2, 0.25) is 5.02 Å². The van der Waals surface area contributed by atoms with E-state index in [1.54, 1.807) is 30.3 Å². The molecule has 174 valence electrons. The van der Waals surface area contributed by atoms with Gasteiger partial charge in [0, 0.05) is 24.5 Å². The molecule has 6 nitrogen and oxygen atoms in total. The summed E-state index contributed by atoms with van der Waals surface area (Å²) in [5.74, 6) is 1.49. The van der Waals surface area contributed by atoms with Crippen molar-refractivity contribution >= 4 is 33.2 Å². The van der Waals surface area contributed by atoms with E-state index in [1.807, 2.05) is 18.2 Å². The Bertz CT molecular complexity index is 992. The predicted octanol–water partition coefficient (Wildman–Crippen LogP) is 5.38. The van der Waals surface area contributed by atoms with Crippen molar-refractivity contribution in [2.45, 2.75) is 44.9 Å². The number of carbonyl (C=O) groups is 1. The Hall–Kier alpha value is -2.25. The molecule has 32 heavy (non-hydrogen) atoms. The molecule has 1 N–H and O–H groups in total. The van der Waals surface area contributed by atoms with Crippen molar-refractivity contribution in [3.8, 4) is 11.5 Å². The molecular weight excluding hydrogens is 448 g/mol. The molecule has 0 spiro atoms. The second kappa shape index (κ2) is 11.6. The largest absolute Gasteiger partial charge is 0.455 e. The lowest BCUT2D eigenvalue weighted by atomic mass is 9.89. The number of rotatable bonds is 10. The van der Waals surface area contributed by atoms with E-state index in [4.69, 9.17) is 16.3 Å². The number of sulfonamides is 1. The molecule has 0 atom stereocenters. The van der Waals surface area contributed by atoms with Gasteiger partial charge in [0.1, 0.15) is 5.75 Å². The number of benzene rings is 2. The Balaban J connectivity index is 1.65. The molecule has 1 amide bonds. The van der Waals surface area contributed by atoms with Gasteiger partial charge in [-0.05, 0) is 55.5 Å². The number of para-hydroxylation sites is 1. The monoisotopic (exact) mass is 478 g/mol. The SMILES string of the molecule is CS(=O)(=O)N(CCCC(=O)NCC1CCCCC1)c1cc(Cl)ccc1Oc1ccccc1. The van der Waals surface area contributed by atoms with Crippen LogP contribution in [0.15, 0.2) is 48.5 Å². The normalized spacial score (nSPS) is 14.7. The number of nitrogens with one attached hydrogen (secondary N) is 1. The maximum absolute atomic E-state index is 12.6. The van der Waals surface area contributed by atoms with Gasteiger partial charge in [-0.1, -0.05) is 49.1 Å². The number of hydrogen-bond acceptors (Lipinski definition) is 4. The van der Waals surface area contributed by atoms with E-state index in [-0.39, 0.29) is 18.9 Å². The van der Waals surface area contributed by atoms with Gasteiger partial charge in [0.25, 0.3) is 0 Å². The maximum atomic E-state index is 12.6. The molecule has 2 aromatic carbocycles. The quantitative estimate of drug-likeness (QED) is 0.497. The third-order valence-corrected chi connectivity index (χ3v) is 7.05. The van der Waals surface area contributed by atoms with Gasteiger partial charge >= 0.3 is 0 Å². The van der Waals surface area contributed by atoms with E-state index in [1.165, 1.54) is 36.4 Å². The van der Waals surface area contributed by atoms with E-state index >= 15 is 0 Å². The van der Waals surface area contributed by atoms with Crippen LogP contribution in [-0.2, 0) is 14.8 Å². The number of amides is 1. The van der Waals surface area contributed by atoms with Crippen molar-refractivity contribution in [2.24, 2.45) is 5.92 Å². The van der Waals surface area contributed by atoms with E-state index in [2.05, 4.69) is 5.32 Å². The number of carbonyl (C=O) groups excluding carboxylic acids is 1. The fraction of sp³-hybridized carbons (Fsp3) is 0.458. The van der Waals surface area contributed by atoms with Crippen LogP contribution < -0.4 is 14.4 Å². The molecule has 2 aromatic rings. The van der Waals surface area contributed by atoms with Gasteiger partial charge in [-0.15, -0.1) is 0 Å². The Kier molecular flexibility index (Phi) is 8.82. The number of nitrogens with zero attached hydrogens (tertiary/aromatic N) is 1. The molecule has 1 saturated carbocycles. The van der Waals surface area contributed by atoms with Crippen LogP contribution in [0.5, 0.6) is 11.5 Å². The van der Waals surface area contributed by atoms with Crippen LogP contribution in [0, 0.1) is 5.92 Å². The number of halogens is 1. The zero-order chi connectivity index (χ0) is 23.0. The Morgan fingerprint density at radius 1 is 1.12 bits per heavy atom. The molecular formula is C24H31ClN2O4S. The minimum atomic E-state index is -3.61. The summed E-state index contributed by atoms with van der Waals surface area (Å²) in [6, 6.07) is 14.0. The molecule has 1 fully saturated rings. The van der Waals surface area contributed by atoms with E-state index in [9.17, 15) is 13.2 Å². The third-order valence-electron chi connectivity index (χ3n) is 5.64. The fourth-order valence-electron chi connectivity index (χ4n) is 3.97. The number of anilines is 1. The van der Waals surface area contributed by atoms with Gasteiger partial charge in [0.15, 0.2) is 5.75 Å². The summed E-state index contributed by atoms with van der Waals surface area (Å²) in [6.07, 6.45) is 7.87. The van der Waals surface area contributed by atoms with E-state index in [0.29, 0.717) is 41.1 Å². The third kappa shape index (κ3) is 7.41. The van der Waals surface area contributed by atoms with Crippen LogP contribution in [0.1, 0.15) is 44.9 Å². The lowest BCUT2D eigenvalue weighted by molar-refractivity contribution is -0.121. The Morgan fingerprint density at radius 2 is 1.84 bits per heavy atom. The Labute approximate surface area is 196 Å². The topological polar surface area (TPSA) is 75.7 Å². The summed E-state index contributed by atoms with van der Waals surface area (Å²) >= 11 is 6.17. The Morgan fingerprint density at radius 3 is 2.53 bits per heavy atom. The van der Waals surface area contributed by atoms with Gasteiger partial charge < -0.3 is 10.1 Å². The summed E-state index contributed by atoms with van der Waals surface area (Å²) in [4.78, 5) is 12.3. The molecule has 0 aliphatic heterocycles. The van der Waals surface area contributed by atoms with Crippen molar-refractivity contribution in [1.29, 1.82) is 0 Å². The highest BCUT2D eigenvalue weighted by Gasteiger charge is 2.22. The molecule has 8 heteroatoms. The average Bonchev–Trinajstić information content (AvgIpc) is 2.77. The first-order valence-electron chi connectivity index (χ1n) is 11.1. The second-order valence-corrected chi connectivity index (χ2v) is 10.6. The van der Waals surface area contributed by atoms with Crippen molar-refractivity contribution in [1.82, 2.24) is 5.32 Å². The molecule has 1 aliphatic carbocycles. The standard InChI is InChI=1S/C24H31ClN2O4S/c1-32(29,30)27(16-8-13-24(28)26-18-19-9-4-2-5-10-19)22-17-20(25)14-15-23(22)31-21-11-6-3-7-12-21/h3,6-7,11-12,14-15,17,19H,2,4-5,8-10,13,16,18H2,1H3,(H,26,28). The molecule has 0 saturated heterocycles. The molecule has 1 aliphatic rings. The van der Waals surface area contributed by atoms with Crippen LogP contribution in [0.3, 0.4) is 0 Å². The number of ether oxygens (including phenoxy) is 1. The van der Waals surface area contributed by atoms with Crippen LogP contribution >= 0.6 is 11.6 Å². The first-order chi connectivity index (χ1) is 15.3. The van der Waals surface area contributed by atoms with Crippen LogP contribution in [0.4, 0.5) is 5.69 Å². The lowest BCUT2D eigenvalue weighted by Crippen LogP contribution is -2.33. The van der Waals surface area contributed by atoms with Gasteiger partial charge in [0.2, 0.25) is 15.9 Å². The lowest BCUT2D eigenvalue weighted by Gasteiger charge is -2.25. The molecule has 0 bridgehead atoms. The highest BCUT2D eigenvalue weighted by atomic mass is 35.5. The average molecular weight is 479 g/mol. The fourth-order valence-corrected chi connectivity index (χ4v) is 5.10. The number of hydrogen-bond donors (Lipinski definition) is 1. The van der Waals surface area contributed by atoms with Crippen molar-refractivity contribution in [3.05, 3.63) is 53.6 Å². The molecule has 3 rings (SSSR count). The van der Waals surface area contributed by atoms with E-state index < -0.39 is 10.0 Å². The maximum Gasteiger partial charge on any atom is 0.232 e. The van der Waals surface area contributed by atoms with Crippen molar-refractivity contribution < 1.29 is 17.9 Å². The summed E-state index contributed by atoms with van der Waals surface area (Å²) in [5.41, 5.74) is 0.353. The summed E-state index contributed by atoms with van der Waals surface area (Å²) in [6.45, 7) is 0.860. The molecule has 0 aromatic heterocycles. The van der Waals surface area contributed by atoms with Crippen molar-refractivity contribution in [3.63, 3.8) is 0 Å². The highest BCUT2D eigenvalue weighted by Crippen LogP contribution is 2.36. The summed E-state index contributed by atoms with van der Waals surface area (Å²) < 4.78 is 32.4. The first-order valence-corrected chi connectivity index (χ1v) is 13.3. The van der Waals surface area contributed by atoms with Gasteiger partial charge in [-0.25, -0.2) is 8.42 Å². The second-order valence-electron chi connectivity index (χ2n) is 8.27. The molecule has 0 heterocycles. The minimum absolute atomic E-state index is 0.0455.